The second-order valence-corrected chi connectivity index (χ2v) is 12.4. The summed E-state index contributed by atoms with van der Waals surface area (Å²) in [6, 6.07) is 9.87. The van der Waals surface area contributed by atoms with Gasteiger partial charge in [0.1, 0.15) is 21.9 Å². The summed E-state index contributed by atoms with van der Waals surface area (Å²) in [6.45, 7) is 4.30. The number of hydrogen-bond acceptors (Lipinski definition) is 9. The molecule has 4 heterocycles. The van der Waals surface area contributed by atoms with Crippen LogP contribution in [0.2, 0.25) is 0 Å². The van der Waals surface area contributed by atoms with Crippen molar-refractivity contribution in [2.75, 3.05) is 14.8 Å². The van der Waals surface area contributed by atoms with Crippen LogP contribution in [-0.2, 0) is 26.8 Å². The minimum Gasteiger partial charge on any atom is -0.506 e. The Morgan fingerprint density at radius 3 is 2.50 bits per heavy atom. The molecule has 1 aliphatic heterocycles. The lowest BCUT2D eigenvalue weighted by Crippen LogP contribution is -2.33. The first-order valence-electron chi connectivity index (χ1n) is 12.1. The van der Waals surface area contributed by atoms with Crippen LogP contribution in [0.15, 0.2) is 75.1 Å². The van der Waals surface area contributed by atoms with E-state index >= 15 is 0 Å². The highest BCUT2D eigenvalue weighted by atomic mass is 32.2. The average Bonchev–Trinajstić information content (AvgIpc) is 2.89. The Hall–Kier alpha value is -4.50. The van der Waals surface area contributed by atoms with E-state index in [-0.39, 0.29) is 50.3 Å². The summed E-state index contributed by atoms with van der Waals surface area (Å²) in [4.78, 5) is 21.3. The predicted molar refractivity (Wildman–Crippen MR) is 151 cm³/mol. The van der Waals surface area contributed by atoms with Crippen molar-refractivity contribution in [2.45, 2.75) is 31.7 Å². The summed E-state index contributed by atoms with van der Waals surface area (Å²) >= 11 is 0. The first-order valence-corrected chi connectivity index (χ1v) is 15.0. The minimum absolute atomic E-state index is 0.0417. The van der Waals surface area contributed by atoms with E-state index in [1.54, 1.807) is 12.1 Å². The van der Waals surface area contributed by atoms with Gasteiger partial charge in [-0.2, -0.15) is 16.8 Å². The number of nitrogens with one attached hydrogen (secondary N) is 3. The van der Waals surface area contributed by atoms with E-state index < -0.39 is 31.5 Å². The molecule has 0 amide bonds. The number of aryl methyl sites for hydroxylation is 1. The highest BCUT2D eigenvalue weighted by Gasteiger charge is 2.31. The van der Waals surface area contributed by atoms with Crippen LogP contribution in [0.3, 0.4) is 0 Å². The molecule has 4 aromatic rings. The first-order chi connectivity index (χ1) is 18.9. The zero-order valence-electron chi connectivity index (χ0n) is 21.4. The Morgan fingerprint density at radius 1 is 1.05 bits per heavy atom. The topological polar surface area (TPSA) is 185 Å². The standard InChI is InChI=1S/C25H25N7O6S2/c1-15(2)9-13-32-24-18(4-3-10-27-24)22(33)21(25(32)34)23-28-19-6-5-17(14-20(19)39(35,36)31-23)30-40(37,38)29-16-7-11-26-12-8-16/h3-8,10-12,14-15,30,33H,9,13H2,1-2H3,(H,26,29)(H,28,31). The third-order valence-corrected chi connectivity index (χ3v) is 8.39. The number of hydrogen-bond donors (Lipinski definition) is 4. The number of aromatic nitrogens is 3. The number of sulfonamides is 1. The number of nitrogens with zero attached hydrogens (tertiary/aromatic N) is 4. The number of benzene rings is 1. The van der Waals surface area contributed by atoms with Gasteiger partial charge in [-0.3, -0.25) is 23.8 Å². The summed E-state index contributed by atoms with van der Waals surface area (Å²) < 4.78 is 61.3. The van der Waals surface area contributed by atoms with Gasteiger partial charge >= 0.3 is 10.2 Å². The molecule has 1 aliphatic rings. The van der Waals surface area contributed by atoms with Gasteiger partial charge in [0.2, 0.25) is 0 Å². The van der Waals surface area contributed by atoms with Gasteiger partial charge < -0.3 is 10.4 Å². The second-order valence-electron chi connectivity index (χ2n) is 9.43. The summed E-state index contributed by atoms with van der Waals surface area (Å²) in [6.07, 6.45) is 4.97. The molecule has 4 N–H and O–H groups in total. The normalized spacial score (nSPS) is 14.3. The van der Waals surface area contributed by atoms with Crippen molar-refractivity contribution in [3.8, 4) is 5.75 Å². The van der Waals surface area contributed by atoms with Gasteiger partial charge in [-0.25, -0.2) is 4.98 Å². The van der Waals surface area contributed by atoms with Gasteiger partial charge in [-0.05, 0) is 54.8 Å². The number of pyridine rings is 3. The van der Waals surface area contributed by atoms with Crippen molar-refractivity contribution in [1.82, 2.24) is 14.5 Å². The summed E-state index contributed by atoms with van der Waals surface area (Å²) in [5.41, 5.74) is -0.431. The monoisotopic (exact) mass is 583 g/mol. The van der Waals surface area contributed by atoms with Crippen LogP contribution in [0.4, 0.5) is 17.1 Å². The van der Waals surface area contributed by atoms with Gasteiger partial charge in [-0.1, -0.05) is 13.8 Å². The molecule has 13 nitrogen and oxygen atoms in total. The van der Waals surface area contributed by atoms with Crippen molar-refractivity contribution < 1.29 is 21.9 Å². The van der Waals surface area contributed by atoms with Gasteiger partial charge in [0.15, 0.2) is 5.84 Å². The van der Waals surface area contributed by atoms with Gasteiger partial charge in [0.05, 0.1) is 22.4 Å². The number of amidine groups is 1. The van der Waals surface area contributed by atoms with Crippen molar-refractivity contribution in [1.29, 1.82) is 0 Å². The molecular formula is C25H25N7O6S2. The molecule has 0 unspecified atom stereocenters. The molecule has 15 heteroatoms. The largest absolute Gasteiger partial charge is 0.506 e. The maximum absolute atomic E-state index is 13.6. The smallest absolute Gasteiger partial charge is 0.321 e. The van der Waals surface area contributed by atoms with Crippen molar-refractivity contribution in [3.05, 3.63) is 77.0 Å². The van der Waals surface area contributed by atoms with Crippen LogP contribution < -0.4 is 20.3 Å². The fourth-order valence-corrected chi connectivity index (χ4v) is 6.24. The molecule has 0 radical (unpaired) electrons. The SMILES string of the molecule is CC(C)CCn1c(=O)c(C2=NS(=O)(=O)c3cc(NS(=O)(=O)Nc4ccncc4)ccc3N2)c(O)c2cccnc21. The predicted octanol–water partition coefficient (Wildman–Crippen LogP) is 2.87. The van der Waals surface area contributed by atoms with Crippen molar-refractivity contribution in [2.24, 2.45) is 10.3 Å². The zero-order chi connectivity index (χ0) is 28.7. The van der Waals surface area contributed by atoms with Crippen LogP contribution in [0.1, 0.15) is 25.8 Å². The van der Waals surface area contributed by atoms with Crippen LogP contribution in [0, 0.1) is 5.92 Å². The summed E-state index contributed by atoms with van der Waals surface area (Å²) in [5, 5.41) is 14.1. The van der Waals surface area contributed by atoms with Crippen molar-refractivity contribution >= 4 is 54.2 Å². The lowest BCUT2D eigenvalue weighted by molar-refractivity contribution is 0.473. The molecule has 0 saturated heterocycles. The quantitative estimate of drug-likeness (QED) is 0.242. The fourth-order valence-electron chi connectivity index (χ4n) is 4.16. The molecule has 3 aromatic heterocycles. The van der Waals surface area contributed by atoms with E-state index in [1.807, 2.05) is 13.8 Å². The maximum atomic E-state index is 13.6. The molecule has 0 spiro atoms. The highest BCUT2D eigenvalue weighted by molar-refractivity contribution is 7.94. The minimum atomic E-state index is -4.41. The third kappa shape index (κ3) is 5.33. The van der Waals surface area contributed by atoms with Crippen LogP contribution >= 0.6 is 0 Å². The molecule has 0 fully saturated rings. The Balaban J connectivity index is 1.53. The Bertz CT molecular complexity index is 1920. The van der Waals surface area contributed by atoms with Crippen LogP contribution in [-0.4, -0.2) is 42.3 Å². The van der Waals surface area contributed by atoms with Gasteiger partial charge in [0.25, 0.3) is 15.6 Å². The lowest BCUT2D eigenvalue weighted by atomic mass is 10.1. The number of aromatic hydroxyl groups is 1. The highest BCUT2D eigenvalue weighted by Crippen LogP contribution is 2.34. The third-order valence-electron chi connectivity index (χ3n) is 6.07. The second kappa shape index (κ2) is 10.2. The van der Waals surface area contributed by atoms with Crippen molar-refractivity contribution in [3.63, 3.8) is 0 Å². The molecule has 208 valence electrons. The number of fused-ring (bicyclic) bond motifs is 2. The molecule has 0 bridgehead atoms. The van der Waals surface area contributed by atoms with E-state index in [9.17, 15) is 26.7 Å². The Kier molecular flexibility index (Phi) is 6.93. The molecule has 40 heavy (non-hydrogen) atoms. The lowest BCUT2D eigenvalue weighted by Gasteiger charge is -2.21. The van der Waals surface area contributed by atoms with E-state index in [1.165, 1.54) is 47.4 Å². The molecule has 1 aromatic carbocycles. The molecule has 5 rings (SSSR count). The molecule has 0 atom stereocenters. The Morgan fingerprint density at radius 2 is 1.77 bits per heavy atom. The maximum Gasteiger partial charge on any atom is 0.321 e. The summed E-state index contributed by atoms with van der Waals surface area (Å²) in [5.74, 6) is -0.538. The fraction of sp³-hybridized carbons (Fsp3) is 0.200. The van der Waals surface area contributed by atoms with E-state index in [0.29, 0.717) is 13.0 Å². The molecule has 0 aliphatic carbocycles. The van der Waals surface area contributed by atoms with Crippen LogP contribution in [0.25, 0.3) is 11.0 Å². The van der Waals surface area contributed by atoms with Gasteiger partial charge in [-0.15, -0.1) is 4.40 Å². The summed E-state index contributed by atoms with van der Waals surface area (Å²) in [7, 11) is -8.53. The molecule has 0 saturated carbocycles. The first kappa shape index (κ1) is 27.1. The van der Waals surface area contributed by atoms with E-state index in [4.69, 9.17) is 0 Å². The van der Waals surface area contributed by atoms with E-state index in [2.05, 4.69) is 29.1 Å². The molecular weight excluding hydrogens is 558 g/mol. The zero-order valence-corrected chi connectivity index (χ0v) is 23.0. The van der Waals surface area contributed by atoms with Gasteiger partial charge in [0, 0.05) is 25.1 Å². The average molecular weight is 584 g/mol. The van der Waals surface area contributed by atoms with E-state index in [0.717, 1.165) is 6.07 Å². The number of anilines is 3. The van der Waals surface area contributed by atoms with Crippen LogP contribution in [0.5, 0.6) is 5.75 Å². The number of rotatable bonds is 8. The Labute approximate surface area is 229 Å².